The zero-order valence-electron chi connectivity index (χ0n) is 9.28. The predicted octanol–water partition coefficient (Wildman–Crippen LogP) is 2.21. The van der Waals surface area contributed by atoms with Gasteiger partial charge >= 0.3 is 0 Å². The van der Waals surface area contributed by atoms with Crippen molar-refractivity contribution in [3.8, 4) is 11.8 Å². The van der Waals surface area contributed by atoms with E-state index in [0.717, 1.165) is 12.8 Å². The number of benzene rings is 1. The van der Waals surface area contributed by atoms with Gasteiger partial charge in [-0.15, -0.1) is 0 Å². The normalized spacial score (nSPS) is 18.0. The van der Waals surface area contributed by atoms with Gasteiger partial charge in [-0.25, -0.2) is 0 Å². The molecule has 0 radical (unpaired) electrons. The second-order valence-electron chi connectivity index (χ2n) is 4.47. The first-order valence-electron chi connectivity index (χ1n) is 5.64. The summed E-state index contributed by atoms with van der Waals surface area (Å²) in [5, 5.41) is 8.91. The molecule has 0 bridgehead atoms. The Morgan fingerprint density at radius 2 is 2.00 bits per heavy atom. The Balaban J connectivity index is 2.02. The number of nitrogens with two attached hydrogens (primary N) is 1. The van der Waals surface area contributed by atoms with Crippen LogP contribution in [0.1, 0.15) is 31.2 Å². The van der Waals surface area contributed by atoms with Gasteiger partial charge in [0, 0.05) is 0 Å². The van der Waals surface area contributed by atoms with E-state index in [9.17, 15) is 0 Å². The van der Waals surface area contributed by atoms with Crippen molar-refractivity contribution in [3.05, 3.63) is 29.8 Å². The van der Waals surface area contributed by atoms with Gasteiger partial charge in [0.05, 0.1) is 11.1 Å². The highest BCUT2D eigenvalue weighted by Gasteiger charge is 2.30. The van der Waals surface area contributed by atoms with Crippen LogP contribution in [0.2, 0.25) is 0 Å². The molecule has 0 saturated heterocycles. The molecule has 0 aliphatic heterocycles. The lowest BCUT2D eigenvalue weighted by atomic mass is 10.0. The van der Waals surface area contributed by atoms with E-state index in [0.29, 0.717) is 17.9 Å². The molecule has 0 aromatic heterocycles. The molecule has 2 rings (SSSR count). The summed E-state index contributed by atoms with van der Waals surface area (Å²) in [6.07, 6.45) is 4.39. The highest BCUT2D eigenvalue weighted by molar-refractivity contribution is 5.42. The summed E-state index contributed by atoms with van der Waals surface area (Å²) in [5.74, 6) is 0.640. The second-order valence-corrected chi connectivity index (χ2v) is 4.47. The molecule has 3 heteroatoms. The largest absolute Gasteiger partial charge is 0.490 e. The van der Waals surface area contributed by atoms with Gasteiger partial charge in [0.1, 0.15) is 18.4 Å². The first kappa shape index (κ1) is 11.0. The minimum atomic E-state index is -0.192. The molecule has 0 heterocycles. The molecule has 1 aliphatic rings. The van der Waals surface area contributed by atoms with Crippen molar-refractivity contribution >= 4 is 0 Å². The zero-order chi connectivity index (χ0) is 11.4. The first-order chi connectivity index (χ1) is 7.73. The highest BCUT2D eigenvalue weighted by atomic mass is 16.5. The molecular formula is C13H16N2O. The maximum Gasteiger partial charge on any atom is 0.137 e. The van der Waals surface area contributed by atoms with Crippen LogP contribution >= 0.6 is 0 Å². The summed E-state index contributed by atoms with van der Waals surface area (Å²) in [6.45, 7) is 0.506. The van der Waals surface area contributed by atoms with E-state index >= 15 is 0 Å². The Bertz CT molecular complexity index is 403. The molecular weight excluding hydrogens is 200 g/mol. The van der Waals surface area contributed by atoms with E-state index in [4.69, 9.17) is 15.7 Å². The lowest BCUT2D eigenvalue weighted by Crippen LogP contribution is -2.42. The molecule has 2 N–H and O–H groups in total. The standard InChI is InChI=1S/C13H16N2O/c14-9-11-5-1-2-6-12(11)16-10-13(15)7-3-4-8-13/h1-2,5-6H,3-4,7-8,10,15H2. The van der Waals surface area contributed by atoms with E-state index in [-0.39, 0.29) is 5.54 Å². The van der Waals surface area contributed by atoms with Gasteiger partial charge < -0.3 is 10.5 Å². The third kappa shape index (κ3) is 2.34. The molecule has 1 fully saturated rings. The average molecular weight is 216 g/mol. The number of nitriles is 1. The minimum Gasteiger partial charge on any atom is -0.490 e. The molecule has 0 spiro atoms. The SMILES string of the molecule is N#Cc1ccccc1OCC1(N)CCCC1. The molecule has 0 unspecified atom stereocenters. The van der Waals surface area contributed by atoms with Gasteiger partial charge in [0.25, 0.3) is 0 Å². The fourth-order valence-corrected chi connectivity index (χ4v) is 2.13. The summed E-state index contributed by atoms with van der Waals surface area (Å²) in [7, 11) is 0. The third-order valence-corrected chi connectivity index (χ3v) is 3.12. The number of nitrogens with zero attached hydrogens (tertiary/aromatic N) is 1. The summed E-state index contributed by atoms with van der Waals surface area (Å²) < 4.78 is 5.67. The number of ether oxygens (including phenoxy) is 1. The van der Waals surface area contributed by atoms with Crippen LogP contribution in [-0.4, -0.2) is 12.1 Å². The van der Waals surface area contributed by atoms with Gasteiger partial charge in [-0.1, -0.05) is 25.0 Å². The van der Waals surface area contributed by atoms with Crippen LogP contribution in [0.4, 0.5) is 0 Å². The maximum atomic E-state index is 8.91. The van der Waals surface area contributed by atoms with Crippen molar-refractivity contribution in [1.29, 1.82) is 5.26 Å². The van der Waals surface area contributed by atoms with Crippen LogP contribution in [0.5, 0.6) is 5.75 Å². The number of rotatable bonds is 3. The predicted molar refractivity (Wildman–Crippen MR) is 62.0 cm³/mol. The monoisotopic (exact) mass is 216 g/mol. The fourth-order valence-electron chi connectivity index (χ4n) is 2.13. The van der Waals surface area contributed by atoms with Crippen molar-refractivity contribution in [2.45, 2.75) is 31.2 Å². The van der Waals surface area contributed by atoms with Crippen LogP contribution in [0.25, 0.3) is 0 Å². The van der Waals surface area contributed by atoms with Crippen LogP contribution in [0.15, 0.2) is 24.3 Å². The van der Waals surface area contributed by atoms with Gasteiger partial charge in [0.2, 0.25) is 0 Å². The van der Waals surface area contributed by atoms with Gasteiger partial charge in [-0.2, -0.15) is 5.26 Å². The topological polar surface area (TPSA) is 59.0 Å². The lowest BCUT2D eigenvalue weighted by molar-refractivity contribution is 0.220. The molecule has 0 atom stereocenters. The van der Waals surface area contributed by atoms with E-state index in [2.05, 4.69) is 6.07 Å². The van der Waals surface area contributed by atoms with E-state index in [1.165, 1.54) is 12.8 Å². The lowest BCUT2D eigenvalue weighted by Gasteiger charge is -2.23. The Morgan fingerprint density at radius 3 is 2.69 bits per heavy atom. The van der Waals surface area contributed by atoms with Crippen LogP contribution in [-0.2, 0) is 0 Å². The number of hydrogen-bond acceptors (Lipinski definition) is 3. The van der Waals surface area contributed by atoms with Crippen LogP contribution < -0.4 is 10.5 Å². The van der Waals surface area contributed by atoms with Gasteiger partial charge in [0.15, 0.2) is 0 Å². The highest BCUT2D eigenvalue weighted by Crippen LogP contribution is 2.28. The maximum absolute atomic E-state index is 8.91. The van der Waals surface area contributed by atoms with E-state index < -0.39 is 0 Å². The summed E-state index contributed by atoms with van der Waals surface area (Å²) in [6, 6.07) is 9.39. The van der Waals surface area contributed by atoms with Crippen LogP contribution in [0.3, 0.4) is 0 Å². The third-order valence-electron chi connectivity index (χ3n) is 3.12. The van der Waals surface area contributed by atoms with Crippen molar-refractivity contribution < 1.29 is 4.74 Å². The molecule has 84 valence electrons. The smallest absolute Gasteiger partial charge is 0.137 e. The molecule has 1 aromatic carbocycles. The van der Waals surface area contributed by atoms with Crippen LogP contribution in [0, 0.1) is 11.3 Å². The Hall–Kier alpha value is -1.53. The summed E-state index contributed by atoms with van der Waals surface area (Å²) >= 11 is 0. The van der Waals surface area contributed by atoms with Crippen molar-refractivity contribution in [1.82, 2.24) is 0 Å². The van der Waals surface area contributed by atoms with E-state index in [1.807, 2.05) is 18.2 Å². The molecule has 1 aliphatic carbocycles. The molecule has 3 nitrogen and oxygen atoms in total. The molecule has 16 heavy (non-hydrogen) atoms. The molecule has 1 saturated carbocycles. The van der Waals surface area contributed by atoms with E-state index in [1.54, 1.807) is 6.07 Å². The average Bonchev–Trinajstić information content (AvgIpc) is 2.74. The zero-order valence-corrected chi connectivity index (χ0v) is 9.28. The van der Waals surface area contributed by atoms with Crippen molar-refractivity contribution in [3.63, 3.8) is 0 Å². The number of hydrogen-bond donors (Lipinski definition) is 1. The Morgan fingerprint density at radius 1 is 1.31 bits per heavy atom. The molecule has 1 aromatic rings. The Kier molecular flexibility index (Phi) is 3.12. The second kappa shape index (κ2) is 4.54. The quantitative estimate of drug-likeness (QED) is 0.842. The van der Waals surface area contributed by atoms with Gasteiger partial charge in [-0.3, -0.25) is 0 Å². The minimum absolute atomic E-state index is 0.192. The number of para-hydroxylation sites is 1. The molecule has 0 amide bonds. The van der Waals surface area contributed by atoms with Crippen molar-refractivity contribution in [2.75, 3.05) is 6.61 Å². The van der Waals surface area contributed by atoms with Gasteiger partial charge in [-0.05, 0) is 25.0 Å². The Labute approximate surface area is 95.8 Å². The summed E-state index contributed by atoms with van der Waals surface area (Å²) in [4.78, 5) is 0. The van der Waals surface area contributed by atoms with Crippen molar-refractivity contribution in [2.24, 2.45) is 5.73 Å². The first-order valence-corrected chi connectivity index (χ1v) is 5.64. The fraction of sp³-hybridized carbons (Fsp3) is 0.462. The summed E-state index contributed by atoms with van der Waals surface area (Å²) in [5.41, 5.74) is 6.57.